The minimum Gasteiger partial charge on any atom is -0.454 e. The van der Waals surface area contributed by atoms with Crippen LogP contribution in [0.5, 0.6) is 11.5 Å². The molecule has 5 heteroatoms. The second-order valence-electron chi connectivity index (χ2n) is 7.99. The number of rotatable bonds is 4. The molecule has 6 rings (SSSR count). The Balaban J connectivity index is 1.64. The largest absolute Gasteiger partial charge is 0.454 e. The molecule has 2 unspecified atom stereocenters. The minimum atomic E-state index is -0.814. The number of benzene rings is 3. The number of aryl methyl sites for hydroxylation is 1. The lowest BCUT2D eigenvalue weighted by molar-refractivity contribution is 0.0514. The van der Waals surface area contributed by atoms with E-state index in [1.165, 1.54) is 15.9 Å². The molecule has 2 atom stereocenters. The van der Waals surface area contributed by atoms with Crippen LogP contribution in [0.25, 0.3) is 5.57 Å². The monoisotopic (exact) mass is 442 g/mol. The second kappa shape index (κ2) is 8.22. The van der Waals surface area contributed by atoms with Crippen molar-refractivity contribution < 1.29 is 18.9 Å². The van der Waals surface area contributed by atoms with Crippen molar-refractivity contribution in [1.29, 1.82) is 0 Å². The molecule has 1 aliphatic carbocycles. The molecule has 0 N–H and O–H groups in total. The number of ether oxygens (including phenoxy) is 4. The fraction of sp³-hybridized carbons (Fsp3) is 0.185. The van der Waals surface area contributed by atoms with E-state index in [2.05, 4.69) is 85.8 Å². The third-order valence-corrected chi connectivity index (χ3v) is 8.60. The lowest BCUT2D eigenvalue weighted by atomic mass is 9.89. The van der Waals surface area contributed by atoms with E-state index in [-0.39, 0.29) is 25.8 Å². The van der Waals surface area contributed by atoms with Gasteiger partial charge in [-0.05, 0) is 42.4 Å². The van der Waals surface area contributed by atoms with Gasteiger partial charge in [-0.1, -0.05) is 78.9 Å². The Morgan fingerprint density at radius 3 is 2.22 bits per heavy atom. The first-order chi connectivity index (χ1) is 15.8. The van der Waals surface area contributed by atoms with Gasteiger partial charge in [0.05, 0.1) is 0 Å². The first kappa shape index (κ1) is 19.8. The highest BCUT2D eigenvalue weighted by Crippen LogP contribution is 2.54. The Hall–Kier alpha value is -2.91. The van der Waals surface area contributed by atoms with Gasteiger partial charge in [-0.3, -0.25) is 0 Å². The molecule has 0 radical (unpaired) electrons. The minimum absolute atomic E-state index is 0.102. The van der Waals surface area contributed by atoms with Crippen LogP contribution >= 0.6 is 7.92 Å². The van der Waals surface area contributed by atoms with Crippen LogP contribution < -0.4 is 20.1 Å². The summed E-state index contributed by atoms with van der Waals surface area (Å²) in [7, 11) is -0.814. The number of fused-ring (bicyclic) bond motifs is 2. The van der Waals surface area contributed by atoms with E-state index in [4.69, 9.17) is 18.9 Å². The van der Waals surface area contributed by atoms with E-state index in [9.17, 15) is 0 Å². The molecule has 1 fully saturated rings. The van der Waals surface area contributed by atoms with Crippen molar-refractivity contribution in [1.82, 2.24) is 0 Å². The predicted octanol–water partition coefficient (Wildman–Crippen LogP) is 4.88. The van der Waals surface area contributed by atoms with E-state index >= 15 is 0 Å². The van der Waals surface area contributed by atoms with Crippen LogP contribution in [0.4, 0.5) is 0 Å². The third-order valence-electron chi connectivity index (χ3n) is 6.10. The van der Waals surface area contributed by atoms with Gasteiger partial charge < -0.3 is 18.9 Å². The SMILES string of the molecule is Cc1ccc2c(c1C1=C(P(c3ccccc3)c3ccccc3)C=CC3OCOC13)OCO2. The Morgan fingerprint density at radius 2 is 1.50 bits per heavy atom. The zero-order chi connectivity index (χ0) is 21.5. The average Bonchev–Trinajstić information content (AvgIpc) is 3.51. The first-order valence-corrected chi connectivity index (χ1v) is 12.1. The summed E-state index contributed by atoms with van der Waals surface area (Å²) in [6.45, 7) is 2.65. The van der Waals surface area contributed by atoms with Gasteiger partial charge in [-0.2, -0.15) is 0 Å². The normalized spacial score (nSPS) is 21.3. The van der Waals surface area contributed by atoms with E-state index in [1.807, 2.05) is 6.07 Å². The fourth-order valence-electron chi connectivity index (χ4n) is 4.65. The summed E-state index contributed by atoms with van der Waals surface area (Å²) in [6, 6.07) is 25.5. The lowest BCUT2D eigenvalue weighted by Crippen LogP contribution is -2.28. The summed E-state index contributed by atoms with van der Waals surface area (Å²) in [5.41, 5.74) is 3.36. The van der Waals surface area contributed by atoms with E-state index < -0.39 is 7.92 Å². The van der Waals surface area contributed by atoms with Crippen molar-refractivity contribution in [3.8, 4) is 11.5 Å². The molecule has 32 heavy (non-hydrogen) atoms. The van der Waals surface area contributed by atoms with Gasteiger partial charge in [-0.15, -0.1) is 0 Å². The van der Waals surface area contributed by atoms with Crippen molar-refractivity contribution in [3.05, 3.63) is 101 Å². The van der Waals surface area contributed by atoms with Gasteiger partial charge in [0.2, 0.25) is 6.79 Å². The first-order valence-electron chi connectivity index (χ1n) is 10.8. The fourth-order valence-corrected chi connectivity index (χ4v) is 7.16. The highest BCUT2D eigenvalue weighted by molar-refractivity contribution is 7.77. The van der Waals surface area contributed by atoms with Crippen molar-refractivity contribution >= 4 is 24.1 Å². The third kappa shape index (κ3) is 3.27. The van der Waals surface area contributed by atoms with Gasteiger partial charge in [0.15, 0.2) is 11.5 Å². The maximum absolute atomic E-state index is 6.17. The highest BCUT2D eigenvalue weighted by Gasteiger charge is 2.40. The van der Waals surface area contributed by atoms with Gasteiger partial charge in [-0.25, -0.2) is 0 Å². The maximum Gasteiger partial charge on any atom is 0.231 e. The van der Waals surface area contributed by atoms with Crippen LogP contribution in [0.3, 0.4) is 0 Å². The summed E-state index contributed by atoms with van der Waals surface area (Å²) >= 11 is 0. The van der Waals surface area contributed by atoms with Gasteiger partial charge in [0.1, 0.15) is 19.0 Å². The van der Waals surface area contributed by atoms with Crippen LogP contribution in [0.1, 0.15) is 11.1 Å². The molecular weight excluding hydrogens is 419 g/mol. The summed E-state index contributed by atoms with van der Waals surface area (Å²) in [5, 5.41) is 3.85. The molecule has 0 saturated carbocycles. The summed E-state index contributed by atoms with van der Waals surface area (Å²) in [5.74, 6) is 1.59. The van der Waals surface area contributed by atoms with Crippen molar-refractivity contribution in [2.75, 3.05) is 13.6 Å². The van der Waals surface area contributed by atoms with Crippen LogP contribution in [-0.4, -0.2) is 25.8 Å². The molecule has 0 spiro atoms. The smallest absolute Gasteiger partial charge is 0.231 e. The molecule has 160 valence electrons. The molecule has 3 aliphatic rings. The zero-order valence-corrected chi connectivity index (χ0v) is 18.6. The van der Waals surface area contributed by atoms with Crippen LogP contribution in [0.2, 0.25) is 0 Å². The number of allylic oxidation sites excluding steroid dienone is 2. The van der Waals surface area contributed by atoms with Crippen molar-refractivity contribution in [3.63, 3.8) is 0 Å². The molecule has 4 nitrogen and oxygen atoms in total. The Kier molecular flexibility index (Phi) is 5.07. The number of hydrogen-bond acceptors (Lipinski definition) is 4. The standard InChI is InChI=1S/C27H23O4P/c1-18-12-13-21-26(30-16-28-21)24(18)25-23(15-14-22-27(25)31-17-29-22)32(19-8-4-2-5-9-19)20-10-6-3-7-11-20/h2-15,22,27H,16-17H2,1H3. The van der Waals surface area contributed by atoms with Gasteiger partial charge >= 0.3 is 0 Å². The molecule has 0 amide bonds. The molecule has 1 saturated heterocycles. The molecule has 3 aromatic rings. The predicted molar refractivity (Wildman–Crippen MR) is 127 cm³/mol. The molecule has 2 heterocycles. The van der Waals surface area contributed by atoms with Crippen LogP contribution in [0.15, 0.2) is 90.3 Å². The second-order valence-corrected chi connectivity index (χ2v) is 10.2. The molecule has 0 aromatic heterocycles. The van der Waals surface area contributed by atoms with Crippen LogP contribution in [0, 0.1) is 6.92 Å². The maximum atomic E-state index is 6.17. The Labute approximate surface area is 188 Å². The topological polar surface area (TPSA) is 36.9 Å². The van der Waals surface area contributed by atoms with Gasteiger partial charge in [0, 0.05) is 11.1 Å². The molecule has 0 bridgehead atoms. The molecular formula is C27H23O4P. The van der Waals surface area contributed by atoms with Gasteiger partial charge in [0.25, 0.3) is 0 Å². The van der Waals surface area contributed by atoms with Crippen LogP contribution in [-0.2, 0) is 9.47 Å². The van der Waals surface area contributed by atoms with Crippen molar-refractivity contribution in [2.45, 2.75) is 19.1 Å². The lowest BCUT2D eigenvalue weighted by Gasteiger charge is -2.31. The Morgan fingerprint density at radius 1 is 0.781 bits per heavy atom. The average molecular weight is 442 g/mol. The number of hydrogen-bond donors (Lipinski definition) is 0. The van der Waals surface area contributed by atoms with E-state index in [0.717, 1.165) is 28.2 Å². The highest BCUT2D eigenvalue weighted by atomic mass is 31.1. The van der Waals surface area contributed by atoms with E-state index in [0.29, 0.717) is 0 Å². The summed E-state index contributed by atoms with van der Waals surface area (Å²) < 4.78 is 23.8. The summed E-state index contributed by atoms with van der Waals surface area (Å²) in [4.78, 5) is 0. The van der Waals surface area contributed by atoms with Crippen molar-refractivity contribution in [2.24, 2.45) is 0 Å². The molecule has 2 aliphatic heterocycles. The van der Waals surface area contributed by atoms with E-state index in [1.54, 1.807) is 0 Å². The molecule has 3 aromatic carbocycles. The zero-order valence-electron chi connectivity index (χ0n) is 17.7. The quantitative estimate of drug-likeness (QED) is 0.540. The summed E-state index contributed by atoms with van der Waals surface area (Å²) in [6.07, 6.45) is 4.11. The Bertz CT molecular complexity index is 1160.